The number of aliphatic carboxylic acids is 1. The maximum absolute atomic E-state index is 11.2. The lowest BCUT2D eigenvalue weighted by atomic mass is 10.1. The zero-order valence-corrected chi connectivity index (χ0v) is 13.5. The average Bonchev–Trinajstić information content (AvgIpc) is 2.86. The minimum atomic E-state index is -0.778. The first-order valence-corrected chi connectivity index (χ1v) is 7.87. The van der Waals surface area contributed by atoms with Crippen molar-refractivity contribution in [2.24, 2.45) is 5.41 Å². The van der Waals surface area contributed by atoms with Crippen LogP contribution in [0.25, 0.3) is 11.4 Å². The smallest absolute Gasteiger partial charge is 0.311 e. The minimum absolute atomic E-state index is 0.310. The molecule has 19 heavy (non-hydrogen) atoms. The number of carboxylic acids is 1. The van der Waals surface area contributed by atoms with Gasteiger partial charge in [0.1, 0.15) is 0 Å². The van der Waals surface area contributed by atoms with Crippen LogP contribution in [0.2, 0.25) is 0 Å². The molecule has 2 aromatic heterocycles. The molecular formula is C10H8Br2N4O2S. The minimum Gasteiger partial charge on any atom is -0.481 e. The first-order valence-electron chi connectivity index (χ1n) is 5.47. The molecule has 0 aliphatic heterocycles. The molecule has 2 aromatic rings. The van der Waals surface area contributed by atoms with E-state index in [1.165, 1.54) is 11.3 Å². The number of nitrogens with zero attached hydrogens (tertiary/aromatic N) is 4. The molecule has 0 aromatic carbocycles. The van der Waals surface area contributed by atoms with E-state index in [1.807, 2.05) is 6.07 Å². The van der Waals surface area contributed by atoms with Crippen LogP contribution in [0.15, 0.2) is 13.6 Å². The molecule has 1 aliphatic rings. The van der Waals surface area contributed by atoms with Crippen LogP contribution < -0.4 is 0 Å². The summed E-state index contributed by atoms with van der Waals surface area (Å²) < 4.78 is 3.44. The summed E-state index contributed by atoms with van der Waals surface area (Å²) in [5, 5.41) is 20.8. The van der Waals surface area contributed by atoms with Crippen molar-refractivity contribution < 1.29 is 9.90 Å². The summed E-state index contributed by atoms with van der Waals surface area (Å²) >= 11 is 8.39. The maximum Gasteiger partial charge on any atom is 0.311 e. The highest BCUT2D eigenvalue weighted by Gasteiger charge is 2.51. The quantitative estimate of drug-likeness (QED) is 0.842. The Morgan fingerprint density at radius 1 is 1.53 bits per heavy atom. The number of carbonyl (C=O) groups is 1. The van der Waals surface area contributed by atoms with Crippen LogP contribution in [0.3, 0.4) is 0 Å². The van der Waals surface area contributed by atoms with Crippen LogP contribution in [0.1, 0.15) is 12.8 Å². The molecule has 2 heterocycles. The largest absolute Gasteiger partial charge is 0.481 e. The fourth-order valence-electron chi connectivity index (χ4n) is 1.87. The van der Waals surface area contributed by atoms with E-state index in [9.17, 15) is 9.90 Å². The number of halogens is 2. The van der Waals surface area contributed by atoms with Gasteiger partial charge in [0.15, 0.2) is 5.82 Å². The van der Waals surface area contributed by atoms with Crippen molar-refractivity contribution in [3.63, 3.8) is 0 Å². The second-order valence-corrected chi connectivity index (χ2v) is 8.23. The van der Waals surface area contributed by atoms with Gasteiger partial charge in [0.05, 0.1) is 19.5 Å². The molecule has 1 saturated carbocycles. The van der Waals surface area contributed by atoms with Crippen LogP contribution in [0.4, 0.5) is 0 Å². The summed E-state index contributed by atoms with van der Waals surface area (Å²) in [6.07, 6.45) is 1.35. The SMILES string of the molecule is O=C(O)C1(Cn2nnnc2-c2cc(Br)sc2Br)CC1. The summed E-state index contributed by atoms with van der Waals surface area (Å²) in [5.74, 6) is -0.194. The van der Waals surface area contributed by atoms with Gasteiger partial charge >= 0.3 is 5.97 Å². The Hall–Kier alpha value is -0.800. The highest BCUT2D eigenvalue weighted by molar-refractivity contribution is 9.12. The van der Waals surface area contributed by atoms with E-state index in [4.69, 9.17) is 0 Å². The van der Waals surface area contributed by atoms with Gasteiger partial charge in [-0.2, -0.15) is 0 Å². The van der Waals surface area contributed by atoms with Crippen molar-refractivity contribution in [3.8, 4) is 11.4 Å². The van der Waals surface area contributed by atoms with Gasteiger partial charge in [-0.15, -0.1) is 16.4 Å². The normalized spacial score (nSPS) is 16.5. The molecule has 1 aliphatic carbocycles. The van der Waals surface area contributed by atoms with E-state index in [2.05, 4.69) is 47.4 Å². The predicted molar refractivity (Wildman–Crippen MR) is 75.8 cm³/mol. The summed E-state index contributed by atoms with van der Waals surface area (Å²) in [6.45, 7) is 0.310. The van der Waals surface area contributed by atoms with E-state index in [-0.39, 0.29) is 0 Å². The number of hydrogen-bond donors (Lipinski definition) is 1. The Bertz CT molecular complexity index is 650. The number of hydrogen-bond acceptors (Lipinski definition) is 5. The lowest BCUT2D eigenvalue weighted by Gasteiger charge is -2.10. The zero-order valence-electron chi connectivity index (χ0n) is 9.51. The summed E-state index contributed by atoms with van der Waals surface area (Å²) in [5.41, 5.74) is 0.173. The second kappa shape index (κ2) is 4.64. The van der Waals surface area contributed by atoms with E-state index in [1.54, 1.807) is 4.68 Å². The van der Waals surface area contributed by atoms with Crippen molar-refractivity contribution in [1.82, 2.24) is 20.2 Å². The van der Waals surface area contributed by atoms with Gasteiger partial charge in [-0.3, -0.25) is 4.79 Å². The van der Waals surface area contributed by atoms with E-state index < -0.39 is 11.4 Å². The molecule has 0 amide bonds. The standard InChI is InChI=1S/C10H8Br2N4O2S/c11-6-3-5(7(12)19-6)8-13-14-15-16(8)4-10(1-2-10)9(17)18/h3H,1-2,4H2,(H,17,18). The molecule has 0 spiro atoms. The molecule has 6 nitrogen and oxygen atoms in total. The fraction of sp³-hybridized carbons (Fsp3) is 0.400. The third kappa shape index (κ3) is 2.34. The highest BCUT2D eigenvalue weighted by Crippen LogP contribution is 2.48. The predicted octanol–water partition coefficient (Wildman–Crippen LogP) is 2.79. The Morgan fingerprint density at radius 3 is 2.79 bits per heavy atom. The van der Waals surface area contributed by atoms with Crippen LogP contribution in [0, 0.1) is 5.41 Å². The first kappa shape index (κ1) is 13.2. The lowest BCUT2D eigenvalue weighted by molar-refractivity contribution is -0.144. The number of tetrazole rings is 1. The zero-order chi connectivity index (χ0) is 13.6. The molecule has 3 rings (SSSR count). The third-order valence-corrected chi connectivity index (χ3v) is 5.53. The van der Waals surface area contributed by atoms with Gasteiger partial charge in [-0.05, 0) is 61.2 Å². The Kier molecular flexibility index (Phi) is 3.22. The van der Waals surface area contributed by atoms with Gasteiger partial charge in [-0.25, -0.2) is 4.68 Å². The number of carboxylic acid groups (broad SMARTS) is 1. The Labute approximate surface area is 129 Å². The third-order valence-electron chi connectivity index (χ3n) is 3.19. The molecule has 0 bridgehead atoms. The lowest BCUT2D eigenvalue weighted by Crippen LogP contribution is -2.22. The van der Waals surface area contributed by atoms with E-state index in [0.29, 0.717) is 25.2 Å². The van der Waals surface area contributed by atoms with Gasteiger partial charge < -0.3 is 5.11 Å². The highest BCUT2D eigenvalue weighted by atomic mass is 79.9. The van der Waals surface area contributed by atoms with Crippen LogP contribution in [0.5, 0.6) is 0 Å². The molecule has 0 saturated heterocycles. The van der Waals surface area contributed by atoms with Crippen LogP contribution in [-0.4, -0.2) is 31.3 Å². The fourth-order valence-corrected chi connectivity index (χ4v) is 4.66. The molecular weight excluding hydrogens is 400 g/mol. The molecule has 1 fully saturated rings. The van der Waals surface area contributed by atoms with Crippen molar-refractivity contribution in [3.05, 3.63) is 13.6 Å². The van der Waals surface area contributed by atoms with Crippen LogP contribution in [-0.2, 0) is 11.3 Å². The van der Waals surface area contributed by atoms with Crippen molar-refractivity contribution in [2.75, 3.05) is 0 Å². The van der Waals surface area contributed by atoms with Crippen molar-refractivity contribution >= 4 is 49.2 Å². The first-order chi connectivity index (χ1) is 9.02. The molecule has 0 radical (unpaired) electrons. The molecule has 0 atom stereocenters. The van der Waals surface area contributed by atoms with E-state index >= 15 is 0 Å². The van der Waals surface area contributed by atoms with Gasteiger partial charge in [-0.1, -0.05) is 0 Å². The number of aromatic nitrogens is 4. The maximum atomic E-state index is 11.2. The Balaban J connectivity index is 1.95. The van der Waals surface area contributed by atoms with Gasteiger partial charge in [0.2, 0.25) is 0 Å². The molecule has 0 unspecified atom stereocenters. The summed E-state index contributed by atoms with van der Waals surface area (Å²) in [6, 6.07) is 1.91. The summed E-state index contributed by atoms with van der Waals surface area (Å²) in [7, 11) is 0. The van der Waals surface area contributed by atoms with Crippen LogP contribution >= 0.6 is 43.2 Å². The summed E-state index contributed by atoms with van der Waals surface area (Å²) in [4.78, 5) is 11.2. The molecule has 1 N–H and O–H groups in total. The Morgan fingerprint density at radius 2 is 2.26 bits per heavy atom. The molecule has 9 heteroatoms. The second-order valence-electron chi connectivity index (χ2n) is 4.48. The topological polar surface area (TPSA) is 80.9 Å². The van der Waals surface area contributed by atoms with Crippen molar-refractivity contribution in [2.45, 2.75) is 19.4 Å². The average molecular weight is 408 g/mol. The van der Waals surface area contributed by atoms with E-state index in [0.717, 1.165) is 13.1 Å². The molecule has 100 valence electrons. The van der Waals surface area contributed by atoms with Gasteiger partial charge in [0.25, 0.3) is 0 Å². The van der Waals surface area contributed by atoms with Crippen molar-refractivity contribution in [1.29, 1.82) is 0 Å². The monoisotopic (exact) mass is 406 g/mol. The number of rotatable bonds is 4. The van der Waals surface area contributed by atoms with Gasteiger partial charge in [0, 0.05) is 5.56 Å². The number of thiophene rings is 1.